The van der Waals surface area contributed by atoms with Crippen LogP contribution in [-0.2, 0) is 19.1 Å². The molecule has 19 heavy (non-hydrogen) atoms. The molecule has 1 aromatic carbocycles. The summed E-state index contributed by atoms with van der Waals surface area (Å²) >= 11 is 0. The van der Waals surface area contributed by atoms with Crippen LogP contribution in [0.4, 0.5) is 0 Å². The van der Waals surface area contributed by atoms with Gasteiger partial charge in [0, 0.05) is 5.92 Å². The minimum absolute atomic E-state index is 0.162. The molecule has 0 N–H and O–H groups in total. The van der Waals surface area contributed by atoms with Crippen LogP contribution in [0.3, 0.4) is 0 Å². The molecule has 0 bridgehead atoms. The average Bonchev–Trinajstić information content (AvgIpc) is 2.39. The van der Waals surface area contributed by atoms with Crippen LogP contribution in [0.25, 0.3) is 0 Å². The standard InChI is InChI=1S/C15H16O4/c1-3-18-15(17)14-10(2)19-13(16)9-12(14)11-7-5-4-6-8-11/h4-8,12H,3,9H2,1-2H3/t12-/m0/s1. The number of esters is 2. The van der Waals surface area contributed by atoms with Crippen molar-refractivity contribution in [2.24, 2.45) is 0 Å². The summed E-state index contributed by atoms with van der Waals surface area (Å²) in [7, 11) is 0. The Morgan fingerprint density at radius 2 is 2.05 bits per heavy atom. The monoisotopic (exact) mass is 260 g/mol. The predicted octanol–water partition coefficient (Wildman–Crippen LogP) is 2.55. The van der Waals surface area contributed by atoms with Gasteiger partial charge in [0.15, 0.2) is 0 Å². The summed E-state index contributed by atoms with van der Waals surface area (Å²) in [6, 6.07) is 9.46. The summed E-state index contributed by atoms with van der Waals surface area (Å²) in [5, 5.41) is 0. The van der Waals surface area contributed by atoms with Gasteiger partial charge in [-0.05, 0) is 19.4 Å². The first-order valence-corrected chi connectivity index (χ1v) is 6.27. The van der Waals surface area contributed by atoms with E-state index in [1.165, 1.54) is 0 Å². The Kier molecular flexibility index (Phi) is 4.00. The molecule has 0 saturated carbocycles. The molecule has 1 aliphatic heterocycles. The Hall–Kier alpha value is -2.10. The van der Waals surface area contributed by atoms with Gasteiger partial charge >= 0.3 is 11.9 Å². The summed E-state index contributed by atoms with van der Waals surface area (Å²) in [6.07, 6.45) is 0.162. The quantitative estimate of drug-likeness (QED) is 0.784. The number of benzene rings is 1. The number of hydrogen-bond acceptors (Lipinski definition) is 4. The van der Waals surface area contributed by atoms with E-state index in [0.29, 0.717) is 17.9 Å². The molecule has 2 rings (SSSR count). The van der Waals surface area contributed by atoms with Crippen LogP contribution >= 0.6 is 0 Å². The van der Waals surface area contributed by atoms with Gasteiger partial charge in [-0.25, -0.2) is 4.79 Å². The van der Waals surface area contributed by atoms with Gasteiger partial charge in [-0.15, -0.1) is 0 Å². The number of hydrogen-bond donors (Lipinski definition) is 0. The Labute approximate surface area is 112 Å². The highest BCUT2D eigenvalue weighted by Gasteiger charge is 2.34. The molecular formula is C15H16O4. The number of cyclic esters (lactones) is 1. The van der Waals surface area contributed by atoms with Gasteiger partial charge in [0.05, 0.1) is 18.6 Å². The van der Waals surface area contributed by atoms with Crippen LogP contribution in [0.2, 0.25) is 0 Å². The van der Waals surface area contributed by atoms with Crippen molar-refractivity contribution in [2.45, 2.75) is 26.2 Å². The lowest BCUT2D eigenvalue weighted by Gasteiger charge is -2.25. The number of carbonyl (C=O) groups excluding carboxylic acids is 2. The van der Waals surface area contributed by atoms with Crippen molar-refractivity contribution >= 4 is 11.9 Å². The van der Waals surface area contributed by atoms with Crippen molar-refractivity contribution in [3.63, 3.8) is 0 Å². The van der Waals surface area contributed by atoms with E-state index in [-0.39, 0.29) is 18.3 Å². The minimum Gasteiger partial charge on any atom is -0.463 e. The van der Waals surface area contributed by atoms with Gasteiger partial charge < -0.3 is 9.47 Å². The maximum Gasteiger partial charge on any atom is 0.338 e. The predicted molar refractivity (Wildman–Crippen MR) is 69.2 cm³/mol. The van der Waals surface area contributed by atoms with Crippen LogP contribution in [0, 0.1) is 0 Å². The lowest BCUT2D eigenvalue weighted by molar-refractivity contribution is -0.144. The number of allylic oxidation sites excluding steroid dienone is 1. The summed E-state index contributed by atoms with van der Waals surface area (Å²) in [5.74, 6) is -0.689. The van der Waals surface area contributed by atoms with Crippen molar-refractivity contribution < 1.29 is 19.1 Å². The smallest absolute Gasteiger partial charge is 0.338 e. The Morgan fingerprint density at radius 3 is 2.68 bits per heavy atom. The van der Waals surface area contributed by atoms with Gasteiger partial charge in [-0.2, -0.15) is 0 Å². The fourth-order valence-corrected chi connectivity index (χ4v) is 2.25. The molecule has 0 spiro atoms. The average molecular weight is 260 g/mol. The highest BCUT2D eigenvalue weighted by atomic mass is 16.5. The molecular weight excluding hydrogens is 244 g/mol. The van der Waals surface area contributed by atoms with Crippen molar-refractivity contribution in [3.05, 3.63) is 47.2 Å². The molecule has 0 fully saturated rings. The van der Waals surface area contributed by atoms with E-state index in [0.717, 1.165) is 5.56 Å². The van der Waals surface area contributed by atoms with Gasteiger partial charge in [0.1, 0.15) is 5.76 Å². The summed E-state index contributed by atoms with van der Waals surface area (Å²) in [4.78, 5) is 23.6. The second kappa shape index (κ2) is 5.69. The maximum absolute atomic E-state index is 12.0. The first-order chi connectivity index (χ1) is 9.13. The van der Waals surface area contributed by atoms with Crippen molar-refractivity contribution in [1.29, 1.82) is 0 Å². The topological polar surface area (TPSA) is 52.6 Å². The zero-order valence-corrected chi connectivity index (χ0v) is 11.0. The molecule has 0 aliphatic carbocycles. The molecule has 1 aromatic rings. The minimum atomic E-state index is -0.415. The number of rotatable bonds is 3. The fourth-order valence-electron chi connectivity index (χ4n) is 2.25. The maximum atomic E-state index is 12.0. The molecule has 0 saturated heterocycles. The first-order valence-electron chi connectivity index (χ1n) is 6.27. The highest BCUT2D eigenvalue weighted by Crippen LogP contribution is 2.35. The van der Waals surface area contributed by atoms with Crippen LogP contribution in [-0.4, -0.2) is 18.5 Å². The van der Waals surface area contributed by atoms with Crippen LogP contribution in [0.5, 0.6) is 0 Å². The number of ether oxygens (including phenoxy) is 2. The van der Waals surface area contributed by atoms with Gasteiger partial charge in [0.2, 0.25) is 0 Å². The van der Waals surface area contributed by atoms with E-state index >= 15 is 0 Å². The van der Waals surface area contributed by atoms with Gasteiger partial charge in [-0.1, -0.05) is 30.3 Å². The lowest BCUT2D eigenvalue weighted by atomic mass is 9.86. The van der Waals surface area contributed by atoms with E-state index in [1.807, 2.05) is 30.3 Å². The van der Waals surface area contributed by atoms with Gasteiger partial charge in [-0.3, -0.25) is 4.79 Å². The first kappa shape index (κ1) is 13.3. The van der Waals surface area contributed by atoms with Crippen LogP contribution in [0.1, 0.15) is 31.7 Å². The second-order valence-corrected chi connectivity index (χ2v) is 4.33. The van der Waals surface area contributed by atoms with E-state index in [1.54, 1.807) is 13.8 Å². The fraction of sp³-hybridized carbons (Fsp3) is 0.333. The van der Waals surface area contributed by atoms with E-state index in [4.69, 9.17) is 9.47 Å². The van der Waals surface area contributed by atoms with Crippen molar-refractivity contribution in [2.75, 3.05) is 6.61 Å². The Balaban J connectivity index is 2.41. The zero-order valence-electron chi connectivity index (χ0n) is 11.0. The van der Waals surface area contributed by atoms with E-state index in [2.05, 4.69) is 0 Å². The molecule has 1 aliphatic rings. The van der Waals surface area contributed by atoms with Crippen LogP contribution in [0.15, 0.2) is 41.7 Å². The molecule has 4 heteroatoms. The molecule has 0 radical (unpaired) electrons. The SMILES string of the molecule is CCOC(=O)C1=C(C)OC(=O)C[C@H]1c1ccccc1. The summed E-state index contributed by atoms with van der Waals surface area (Å²) in [6.45, 7) is 3.67. The Morgan fingerprint density at radius 1 is 1.37 bits per heavy atom. The third-order valence-corrected chi connectivity index (χ3v) is 3.06. The summed E-state index contributed by atoms with van der Waals surface area (Å²) < 4.78 is 10.1. The lowest BCUT2D eigenvalue weighted by Crippen LogP contribution is -2.25. The zero-order chi connectivity index (χ0) is 13.8. The van der Waals surface area contributed by atoms with Crippen LogP contribution < -0.4 is 0 Å². The third kappa shape index (κ3) is 2.84. The van der Waals surface area contributed by atoms with E-state index in [9.17, 15) is 9.59 Å². The third-order valence-electron chi connectivity index (χ3n) is 3.06. The molecule has 100 valence electrons. The molecule has 1 atom stereocenters. The van der Waals surface area contributed by atoms with E-state index < -0.39 is 5.97 Å². The number of carbonyl (C=O) groups is 2. The molecule has 1 heterocycles. The molecule has 0 aromatic heterocycles. The molecule has 4 nitrogen and oxygen atoms in total. The molecule has 0 unspecified atom stereocenters. The summed E-state index contributed by atoms with van der Waals surface area (Å²) in [5.41, 5.74) is 1.36. The highest BCUT2D eigenvalue weighted by molar-refractivity contribution is 5.93. The van der Waals surface area contributed by atoms with Crippen molar-refractivity contribution in [1.82, 2.24) is 0 Å². The largest absolute Gasteiger partial charge is 0.463 e. The second-order valence-electron chi connectivity index (χ2n) is 4.33. The molecule has 0 amide bonds. The Bertz CT molecular complexity index is 516. The van der Waals surface area contributed by atoms with Crippen molar-refractivity contribution in [3.8, 4) is 0 Å². The van der Waals surface area contributed by atoms with Gasteiger partial charge in [0.25, 0.3) is 0 Å². The normalized spacial score (nSPS) is 19.1.